The van der Waals surface area contributed by atoms with Crippen LogP contribution in [0.25, 0.3) is 43.5 Å². The van der Waals surface area contributed by atoms with Crippen molar-refractivity contribution >= 4 is 43.5 Å². The molecule has 4 aromatic carbocycles. The number of hydrogen-bond acceptors (Lipinski definition) is 4. The molecule has 32 heavy (non-hydrogen) atoms. The maximum Gasteiger partial charge on any atom is 0.146 e. The molecule has 0 spiro atoms. The van der Waals surface area contributed by atoms with E-state index in [1.54, 1.807) is 0 Å². The molecule has 4 nitrogen and oxygen atoms in total. The average molecular weight is 436 g/mol. The molecule has 152 valence electrons. The summed E-state index contributed by atoms with van der Waals surface area (Å²) in [5, 5.41) is 28.4. The van der Waals surface area contributed by atoms with Gasteiger partial charge in [0, 0.05) is 21.5 Å². The summed E-state index contributed by atoms with van der Waals surface area (Å²) in [6.07, 6.45) is 0. The molecule has 0 fully saturated rings. The summed E-state index contributed by atoms with van der Waals surface area (Å²) in [4.78, 5) is 0. The van der Waals surface area contributed by atoms with E-state index in [9.17, 15) is 8.78 Å². The fraction of sp³-hybridized carbons (Fsp3) is 0. The lowest BCUT2D eigenvalue weighted by molar-refractivity contribution is 0.564. The second kappa shape index (κ2) is 6.87. The first-order valence-corrected chi connectivity index (χ1v) is 8.43. The predicted molar refractivity (Wildman–Crippen MR) is 98.4 cm³/mol. The Balaban J connectivity index is 2.56. The second-order valence-corrected chi connectivity index (χ2v) is 6.52. The summed E-state index contributed by atoms with van der Waals surface area (Å²) in [6, 6.07) is 5.84. The Labute approximate surface area is 173 Å². The van der Waals surface area contributed by atoms with E-state index in [1.807, 2.05) is 0 Å². The fourth-order valence-electron chi connectivity index (χ4n) is 3.77. The highest BCUT2D eigenvalue weighted by Gasteiger charge is 2.28. The van der Waals surface area contributed by atoms with Gasteiger partial charge in [0.2, 0.25) is 0 Å². The number of rotatable bonds is 0. The van der Waals surface area contributed by atoms with Crippen molar-refractivity contribution in [2.75, 3.05) is 0 Å². The average Bonchev–Trinajstić information content (AvgIpc) is 2.76. The van der Waals surface area contributed by atoms with E-state index in [-0.39, 0.29) is 0 Å². The Morgan fingerprint density at radius 1 is 0.500 bits per heavy atom. The van der Waals surface area contributed by atoms with Crippen LogP contribution >= 0.6 is 0 Å². The molecule has 10 heteroatoms. The molecule has 0 aliphatic heterocycles. The highest BCUT2D eigenvalue weighted by molar-refractivity contribution is 6.24. The zero-order valence-corrected chi connectivity index (χ0v) is 15.2. The summed E-state index contributed by atoms with van der Waals surface area (Å²) in [6.45, 7) is 0. The molecule has 0 bridgehead atoms. The van der Waals surface area contributed by atoms with Gasteiger partial charge in [0.25, 0.3) is 0 Å². The highest BCUT2D eigenvalue weighted by atomic mass is 19.2. The molecule has 0 heterocycles. The van der Waals surface area contributed by atoms with Gasteiger partial charge in [-0.3, -0.25) is 0 Å². The second-order valence-electron chi connectivity index (χ2n) is 6.52. The van der Waals surface area contributed by atoms with Gasteiger partial charge in [-0.15, -0.1) is 0 Å². The van der Waals surface area contributed by atoms with Crippen LogP contribution in [0, 0.1) is 80.2 Å². The van der Waals surface area contributed by atoms with Crippen LogP contribution in [-0.4, -0.2) is 0 Å². The SMILES string of the molecule is N#CC(C#N)=c1c(F)c2cc(F)c3c(F)c(=C(C#N)C#N)c(F)c4c(F)cc(c1F)c2c34. The molecule has 4 rings (SSSR count). The standard InChI is InChI=1S/C22H2F6N4/c23-11-1-9-15-10(20(26)13(19(9)25)7(3-29)4-30)2-12(24)17-18(15)16(11)21(27)14(22(17)28)8(5-31)6-32/h1-2H. The Morgan fingerprint density at radius 3 is 1.19 bits per heavy atom. The largest absolute Gasteiger partial charge is 0.206 e. The van der Waals surface area contributed by atoms with E-state index in [0.29, 0.717) is 12.1 Å². The first-order valence-electron chi connectivity index (χ1n) is 8.43. The van der Waals surface area contributed by atoms with Crippen molar-refractivity contribution < 1.29 is 26.3 Å². The third kappa shape index (κ3) is 2.35. The van der Waals surface area contributed by atoms with E-state index in [4.69, 9.17) is 21.0 Å². The number of nitrogens with zero attached hydrogens (tertiary/aromatic N) is 4. The summed E-state index contributed by atoms with van der Waals surface area (Å²) < 4.78 is 90.2. The van der Waals surface area contributed by atoms with Crippen molar-refractivity contribution in [2.24, 2.45) is 0 Å². The molecular weight excluding hydrogens is 434 g/mol. The smallest absolute Gasteiger partial charge is 0.146 e. The molecule has 0 unspecified atom stereocenters. The summed E-state index contributed by atoms with van der Waals surface area (Å²) in [5.74, 6) is -9.65. The Kier molecular flexibility index (Phi) is 4.40. The zero-order chi connectivity index (χ0) is 23.5. The van der Waals surface area contributed by atoms with Crippen molar-refractivity contribution in [3.8, 4) is 24.3 Å². The molecule has 0 atom stereocenters. The molecule has 0 aromatic heterocycles. The summed E-state index contributed by atoms with van der Waals surface area (Å²) in [5.41, 5.74) is -2.13. The third-order valence-electron chi connectivity index (χ3n) is 5.05. The van der Waals surface area contributed by atoms with Crippen LogP contribution in [0.5, 0.6) is 0 Å². The highest BCUT2D eigenvalue weighted by Crippen LogP contribution is 2.39. The monoisotopic (exact) mass is 436 g/mol. The molecule has 0 aliphatic carbocycles. The van der Waals surface area contributed by atoms with Crippen molar-refractivity contribution in [3.63, 3.8) is 0 Å². The van der Waals surface area contributed by atoms with Crippen molar-refractivity contribution in [2.45, 2.75) is 0 Å². The van der Waals surface area contributed by atoms with Gasteiger partial charge in [-0.2, -0.15) is 21.0 Å². The van der Waals surface area contributed by atoms with Crippen LogP contribution in [0.3, 0.4) is 0 Å². The van der Waals surface area contributed by atoms with E-state index in [2.05, 4.69) is 0 Å². The van der Waals surface area contributed by atoms with Crippen LogP contribution in [0.15, 0.2) is 12.1 Å². The molecule has 0 amide bonds. The molecule has 0 saturated carbocycles. The molecule has 4 aromatic rings. The van der Waals surface area contributed by atoms with Crippen molar-refractivity contribution in [3.05, 3.63) is 57.5 Å². The zero-order valence-electron chi connectivity index (χ0n) is 15.2. The van der Waals surface area contributed by atoms with Crippen LogP contribution in [0.1, 0.15) is 0 Å². The summed E-state index contributed by atoms with van der Waals surface area (Å²) >= 11 is 0. The lowest BCUT2D eigenvalue weighted by Gasteiger charge is -2.16. The molecule has 0 N–H and O–H groups in total. The lowest BCUT2D eigenvalue weighted by atomic mass is 9.90. The lowest BCUT2D eigenvalue weighted by Crippen LogP contribution is -2.21. The van der Waals surface area contributed by atoms with Gasteiger partial charge in [0.1, 0.15) is 70.3 Å². The number of benzene rings is 4. The van der Waals surface area contributed by atoms with E-state index < -0.39 is 88.8 Å². The first kappa shape index (κ1) is 20.5. The van der Waals surface area contributed by atoms with Crippen LogP contribution in [-0.2, 0) is 0 Å². The van der Waals surface area contributed by atoms with Gasteiger partial charge in [0.05, 0.1) is 21.2 Å². The fourth-order valence-corrected chi connectivity index (χ4v) is 3.77. The van der Waals surface area contributed by atoms with Gasteiger partial charge in [0.15, 0.2) is 0 Å². The van der Waals surface area contributed by atoms with Gasteiger partial charge >= 0.3 is 0 Å². The minimum Gasteiger partial charge on any atom is -0.206 e. The van der Waals surface area contributed by atoms with Crippen molar-refractivity contribution in [1.29, 1.82) is 21.0 Å². The molecular formula is C22H2F6N4. The maximum atomic E-state index is 15.1. The Bertz CT molecular complexity index is 1710. The van der Waals surface area contributed by atoms with E-state index >= 15 is 17.6 Å². The number of nitriles is 4. The topological polar surface area (TPSA) is 95.2 Å². The third-order valence-corrected chi connectivity index (χ3v) is 5.05. The van der Waals surface area contributed by atoms with Gasteiger partial charge in [-0.05, 0) is 12.1 Å². The van der Waals surface area contributed by atoms with E-state index in [0.717, 1.165) is 0 Å². The maximum absolute atomic E-state index is 15.1. The van der Waals surface area contributed by atoms with Crippen molar-refractivity contribution in [1.82, 2.24) is 0 Å². The van der Waals surface area contributed by atoms with Gasteiger partial charge in [-0.25, -0.2) is 26.3 Å². The van der Waals surface area contributed by atoms with E-state index in [1.165, 1.54) is 24.3 Å². The van der Waals surface area contributed by atoms with Crippen LogP contribution < -0.4 is 10.4 Å². The van der Waals surface area contributed by atoms with Gasteiger partial charge in [-0.1, -0.05) is 0 Å². The quantitative estimate of drug-likeness (QED) is 0.309. The first-order chi connectivity index (χ1) is 15.2. The van der Waals surface area contributed by atoms with Crippen LogP contribution in [0.2, 0.25) is 0 Å². The minimum atomic E-state index is -1.73. The Hall–Kier alpha value is -4.80. The summed E-state index contributed by atoms with van der Waals surface area (Å²) in [7, 11) is 0. The predicted octanol–water partition coefficient (Wildman–Crippen LogP) is 3.81. The minimum absolute atomic E-state index is 0.413. The molecule has 0 aliphatic rings. The number of hydrogen-bond donors (Lipinski definition) is 0. The normalized spacial score (nSPS) is 10.7. The van der Waals surface area contributed by atoms with Crippen LogP contribution in [0.4, 0.5) is 26.3 Å². The Morgan fingerprint density at radius 2 is 0.844 bits per heavy atom. The molecule has 0 radical (unpaired) electrons. The number of halogens is 6. The van der Waals surface area contributed by atoms with Gasteiger partial charge < -0.3 is 0 Å². The molecule has 0 saturated heterocycles.